The maximum Gasteiger partial charge on any atom is 0.320 e. The second-order valence-electron chi connectivity index (χ2n) is 5.24. The number of esters is 1. The van der Waals surface area contributed by atoms with Gasteiger partial charge in [0, 0.05) is 35.2 Å². The molecule has 0 fully saturated rings. The Morgan fingerprint density at radius 1 is 1.04 bits per heavy atom. The highest BCUT2D eigenvalue weighted by atomic mass is 35.5. The van der Waals surface area contributed by atoms with E-state index in [1.165, 1.54) is 0 Å². The Hall–Kier alpha value is -0.810. The molecule has 0 heterocycles. The third-order valence-corrected chi connectivity index (χ3v) is 4.44. The van der Waals surface area contributed by atoms with Gasteiger partial charge in [0.05, 0.1) is 13.2 Å². The molecular formula is C17H26Cl2N2O2. The first-order chi connectivity index (χ1) is 11.0. The van der Waals surface area contributed by atoms with E-state index < -0.39 is 0 Å². The van der Waals surface area contributed by atoms with Crippen molar-refractivity contribution in [3.8, 4) is 0 Å². The molecule has 0 bridgehead atoms. The lowest BCUT2D eigenvalue weighted by atomic mass is 10.2. The first-order valence-corrected chi connectivity index (χ1v) is 8.80. The fourth-order valence-electron chi connectivity index (χ4n) is 2.33. The molecule has 0 atom stereocenters. The van der Waals surface area contributed by atoms with E-state index in [-0.39, 0.29) is 12.5 Å². The molecule has 0 saturated carbocycles. The zero-order valence-electron chi connectivity index (χ0n) is 14.1. The lowest BCUT2D eigenvalue weighted by molar-refractivity contribution is -0.144. The van der Waals surface area contributed by atoms with Crippen LogP contribution in [-0.2, 0) is 16.1 Å². The number of ether oxygens (including phenoxy) is 1. The molecule has 4 nitrogen and oxygen atoms in total. The van der Waals surface area contributed by atoms with Crippen LogP contribution in [0.1, 0.15) is 26.3 Å². The molecule has 0 radical (unpaired) electrons. The quantitative estimate of drug-likeness (QED) is 0.595. The molecule has 0 saturated heterocycles. The molecular weight excluding hydrogens is 335 g/mol. The number of likely N-dealkylation sites (N-methyl/N-ethyl adjacent to an activating group) is 1. The topological polar surface area (TPSA) is 32.8 Å². The number of hydrogen-bond donors (Lipinski definition) is 0. The van der Waals surface area contributed by atoms with Gasteiger partial charge in [-0.05, 0) is 32.1 Å². The third kappa shape index (κ3) is 7.08. The second kappa shape index (κ2) is 10.9. The molecule has 0 N–H and O–H groups in total. The van der Waals surface area contributed by atoms with E-state index in [1.54, 1.807) is 0 Å². The summed E-state index contributed by atoms with van der Waals surface area (Å²) in [7, 11) is 0. The fourth-order valence-corrected chi connectivity index (χ4v) is 2.85. The van der Waals surface area contributed by atoms with Crippen molar-refractivity contribution in [2.45, 2.75) is 27.3 Å². The van der Waals surface area contributed by atoms with Crippen LogP contribution in [0.2, 0.25) is 10.0 Å². The summed E-state index contributed by atoms with van der Waals surface area (Å²) in [6, 6.07) is 5.45. The summed E-state index contributed by atoms with van der Waals surface area (Å²) in [4.78, 5) is 16.2. The molecule has 1 aromatic rings. The normalized spacial score (nSPS) is 11.3. The molecule has 0 aliphatic rings. The highest BCUT2D eigenvalue weighted by Gasteiger charge is 2.16. The molecule has 0 amide bonds. The Morgan fingerprint density at radius 2 is 1.61 bits per heavy atom. The van der Waals surface area contributed by atoms with Gasteiger partial charge in [-0.2, -0.15) is 0 Å². The van der Waals surface area contributed by atoms with Crippen LogP contribution >= 0.6 is 23.2 Å². The summed E-state index contributed by atoms with van der Waals surface area (Å²) < 4.78 is 5.07. The Bertz CT molecular complexity index is 473. The number of benzene rings is 1. The van der Waals surface area contributed by atoms with Gasteiger partial charge >= 0.3 is 5.97 Å². The van der Waals surface area contributed by atoms with Crippen molar-refractivity contribution < 1.29 is 9.53 Å². The minimum atomic E-state index is -0.227. The molecule has 0 aliphatic heterocycles. The Balaban J connectivity index is 2.79. The monoisotopic (exact) mass is 360 g/mol. The van der Waals surface area contributed by atoms with Crippen LogP contribution in [0.4, 0.5) is 0 Å². The van der Waals surface area contributed by atoms with Crippen molar-refractivity contribution in [1.29, 1.82) is 0 Å². The van der Waals surface area contributed by atoms with Crippen LogP contribution < -0.4 is 0 Å². The predicted octanol–water partition coefficient (Wildman–Crippen LogP) is 3.70. The summed E-state index contributed by atoms with van der Waals surface area (Å²) in [5.41, 5.74) is 0.847. The van der Waals surface area contributed by atoms with Gasteiger partial charge < -0.3 is 9.64 Å². The van der Waals surface area contributed by atoms with E-state index in [2.05, 4.69) is 18.7 Å². The predicted molar refractivity (Wildman–Crippen MR) is 96.2 cm³/mol. The van der Waals surface area contributed by atoms with Crippen molar-refractivity contribution in [2.75, 3.05) is 39.3 Å². The van der Waals surface area contributed by atoms with Gasteiger partial charge in [0.15, 0.2) is 0 Å². The van der Waals surface area contributed by atoms with Crippen LogP contribution in [0, 0.1) is 0 Å². The van der Waals surface area contributed by atoms with Crippen molar-refractivity contribution in [1.82, 2.24) is 9.80 Å². The van der Waals surface area contributed by atoms with Crippen molar-refractivity contribution in [3.05, 3.63) is 33.8 Å². The van der Waals surface area contributed by atoms with E-state index >= 15 is 0 Å². The highest BCUT2D eigenvalue weighted by Crippen LogP contribution is 2.25. The van der Waals surface area contributed by atoms with Gasteiger partial charge in [0.25, 0.3) is 0 Å². The van der Waals surface area contributed by atoms with Gasteiger partial charge in [-0.25, -0.2) is 0 Å². The standard InChI is InChI=1S/C17H26Cl2N2O2/c1-4-20(5-2)10-11-21(13-17(22)23-6-3)12-14-15(18)8-7-9-16(14)19/h7-9H,4-6,10-13H2,1-3H3. The highest BCUT2D eigenvalue weighted by molar-refractivity contribution is 6.35. The number of carbonyl (C=O) groups excluding carboxylic acids is 1. The van der Waals surface area contributed by atoms with Gasteiger partial charge in [-0.15, -0.1) is 0 Å². The van der Waals surface area contributed by atoms with Crippen LogP contribution in [0.3, 0.4) is 0 Å². The summed E-state index contributed by atoms with van der Waals surface area (Å²) in [5.74, 6) is -0.227. The maximum atomic E-state index is 11.9. The largest absolute Gasteiger partial charge is 0.465 e. The molecule has 6 heteroatoms. The number of nitrogens with zero attached hydrogens (tertiary/aromatic N) is 2. The molecule has 0 aliphatic carbocycles. The maximum absolute atomic E-state index is 11.9. The Kier molecular flexibility index (Phi) is 9.56. The van der Waals surface area contributed by atoms with Gasteiger partial charge in [-0.1, -0.05) is 43.1 Å². The second-order valence-corrected chi connectivity index (χ2v) is 6.06. The Labute approximate surface area is 149 Å². The SMILES string of the molecule is CCOC(=O)CN(CCN(CC)CC)Cc1c(Cl)cccc1Cl. The average Bonchev–Trinajstić information content (AvgIpc) is 2.52. The summed E-state index contributed by atoms with van der Waals surface area (Å²) in [5, 5.41) is 1.24. The minimum absolute atomic E-state index is 0.227. The number of rotatable bonds is 10. The number of hydrogen-bond acceptors (Lipinski definition) is 4. The van der Waals surface area contributed by atoms with Crippen LogP contribution in [-0.4, -0.2) is 55.1 Å². The van der Waals surface area contributed by atoms with Crippen LogP contribution in [0.25, 0.3) is 0 Å². The summed E-state index contributed by atoms with van der Waals surface area (Å²) >= 11 is 12.5. The smallest absolute Gasteiger partial charge is 0.320 e. The average molecular weight is 361 g/mol. The minimum Gasteiger partial charge on any atom is -0.465 e. The first-order valence-electron chi connectivity index (χ1n) is 8.04. The molecule has 0 aromatic heterocycles. The lowest BCUT2D eigenvalue weighted by Crippen LogP contribution is -2.38. The van der Waals surface area contributed by atoms with E-state index in [0.717, 1.165) is 31.7 Å². The van der Waals surface area contributed by atoms with Crippen LogP contribution in [0.5, 0.6) is 0 Å². The van der Waals surface area contributed by atoms with E-state index in [1.807, 2.05) is 30.0 Å². The zero-order chi connectivity index (χ0) is 17.2. The third-order valence-electron chi connectivity index (χ3n) is 3.73. The summed E-state index contributed by atoms with van der Waals surface area (Å²) in [6.07, 6.45) is 0. The molecule has 130 valence electrons. The molecule has 23 heavy (non-hydrogen) atoms. The first kappa shape index (κ1) is 20.2. The van der Waals surface area contributed by atoms with Crippen molar-refractivity contribution in [2.24, 2.45) is 0 Å². The van der Waals surface area contributed by atoms with Crippen LogP contribution in [0.15, 0.2) is 18.2 Å². The Morgan fingerprint density at radius 3 is 2.13 bits per heavy atom. The molecule has 1 rings (SSSR count). The fraction of sp³-hybridized carbons (Fsp3) is 0.588. The van der Waals surface area contributed by atoms with Gasteiger partial charge in [0.2, 0.25) is 0 Å². The molecule has 1 aromatic carbocycles. The molecule has 0 spiro atoms. The summed E-state index contributed by atoms with van der Waals surface area (Å²) in [6.45, 7) is 10.8. The van der Waals surface area contributed by atoms with Gasteiger partial charge in [-0.3, -0.25) is 9.69 Å². The zero-order valence-corrected chi connectivity index (χ0v) is 15.7. The number of carbonyl (C=O) groups is 1. The van der Waals surface area contributed by atoms with Crippen molar-refractivity contribution in [3.63, 3.8) is 0 Å². The van der Waals surface area contributed by atoms with E-state index in [9.17, 15) is 4.79 Å². The van der Waals surface area contributed by atoms with Gasteiger partial charge in [0.1, 0.15) is 0 Å². The van der Waals surface area contributed by atoms with E-state index in [0.29, 0.717) is 23.2 Å². The number of halogens is 2. The molecule has 0 unspecified atom stereocenters. The van der Waals surface area contributed by atoms with Crippen molar-refractivity contribution >= 4 is 29.2 Å². The lowest BCUT2D eigenvalue weighted by Gasteiger charge is -2.26. The van der Waals surface area contributed by atoms with E-state index in [4.69, 9.17) is 27.9 Å².